The van der Waals surface area contributed by atoms with Crippen LogP contribution in [0.5, 0.6) is 5.75 Å². The maximum absolute atomic E-state index is 9.75. The van der Waals surface area contributed by atoms with Crippen LogP contribution in [0.3, 0.4) is 0 Å². The lowest BCUT2D eigenvalue weighted by atomic mass is 9.84. The van der Waals surface area contributed by atoms with Crippen LogP contribution in [0, 0.1) is 0 Å². The van der Waals surface area contributed by atoms with Crippen LogP contribution in [0.15, 0.2) is 12.1 Å². The fourth-order valence-electron chi connectivity index (χ4n) is 2.30. The highest BCUT2D eigenvalue weighted by atomic mass is 16.3. The van der Waals surface area contributed by atoms with Gasteiger partial charge in [-0.25, -0.2) is 0 Å². The molecule has 0 saturated carbocycles. The highest BCUT2D eigenvalue weighted by molar-refractivity contribution is 5.45. The summed E-state index contributed by atoms with van der Waals surface area (Å²) in [5.41, 5.74) is 4.07. The quantitative estimate of drug-likeness (QED) is 0.786. The maximum atomic E-state index is 9.75. The molecule has 16 heavy (non-hydrogen) atoms. The van der Waals surface area contributed by atoms with Crippen LogP contribution >= 0.6 is 0 Å². The van der Waals surface area contributed by atoms with Crippen molar-refractivity contribution >= 4 is 0 Å². The molecule has 0 saturated heterocycles. The van der Waals surface area contributed by atoms with E-state index in [1.807, 2.05) is 12.1 Å². The summed E-state index contributed by atoms with van der Waals surface area (Å²) in [6.07, 6.45) is 2.14. The Morgan fingerprint density at radius 1 is 1.12 bits per heavy atom. The van der Waals surface area contributed by atoms with Crippen LogP contribution in [-0.2, 0) is 6.42 Å². The van der Waals surface area contributed by atoms with Gasteiger partial charge in [-0.1, -0.05) is 34.6 Å². The number of benzene rings is 1. The van der Waals surface area contributed by atoms with Gasteiger partial charge in [0, 0.05) is 0 Å². The van der Waals surface area contributed by atoms with Crippen molar-refractivity contribution < 1.29 is 5.11 Å². The monoisotopic (exact) mass is 220 g/mol. The van der Waals surface area contributed by atoms with Gasteiger partial charge in [0.1, 0.15) is 5.75 Å². The average Bonchev–Trinajstić information content (AvgIpc) is 2.26. The highest BCUT2D eigenvalue weighted by Crippen LogP contribution is 2.34. The van der Waals surface area contributed by atoms with Gasteiger partial charge in [0.2, 0.25) is 0 Å². The first-order valence-electron chi connectivity index (χ1n) is 6.36. The van der Waals surface area contributed by atoms with Crippen molar-refractivity contribution in [2.24, 2.45) is 0 Å². The van der Waals surface area contributed by atoms with E-state index in [4.69, 9.17) is 0 Å². The molecule has 0 radical (unpaired) electrons. The third-order valence-corrected chi connectivity index (χ3v) is 3.39. The van der Waals surface area contributed by atoms with E-state index in [0.717, 1.165) is 12.8 Å². The minimum absolute atomic E-state index is 0.410. The van der Waals surface area contributed by atoms with Gasteiger partial charge in [-0.15, -0.1) is 0 Å². The molecule has 1 N–H and O–H groups in total. The van der Waals surface area contributed by atoms with Gasteiger partial charge in [0.15, 0.2) is 0 Å². The zero-order valence-corrected chi connectivity index (χ0v) is 11.2. The van der Waals surface area contributed by atoms with Crippen LogP contribution < -0.4 is 0 Å². The third-order valence-electron chi connectivity index (χ3n) is 3.39. The third kappa shape index (κ3) is 2.58. The van der Waals surface area contributed by atoms with Crippen LogP contribution in [0.4, 0.5) is 0 Å². The SMILES string of the molecule is CCc1cc(O)cc(C(C)C)c1C(C)CC. The smallest absolute Gasteiger partial charge is 0.116 e. The number of phenols is 1. The van der Waals surface area contributed by atoms with Crippen molar-refractivity contribution in [1.29, 1.82) is 0 Å². The number of aromatic hydroxyl groups is 1. The van der Waals surface area contributed by atoms with Crippen LogP contribution in [0.1, 0.15) is 69.6 Å². The normalized spacial score (nSPS) is 13.1. The van der Waals surface area contributed by atoms with E-state index in [-0.39, 0.29) is 0 Å². The Bertz CT molecular complexity index is 353. The second-order valence-corrected chi connectivity index (χ2v) is 4.93. The lowest BCUT2D eigenvalue weighted by Crippen LogP contribution is -2.05. The van der Waals surface area contributed by atoms with E-state index in [0.29, 0.717) is 17.6 Å². The summed E-state index contributed by atoms with van der Waals surface area (Å²) in [5.74, 6) is 1.46. The van der Waals surface area contributed by atoms with Crippen molar-refractivity contribution in [2.75, 3.05) is 0 Å². The first-order chi connectivity index (χ1) is 7.51. The molecule has 0 fully saturated rings. The van der Waals surface area contributed by atoms with Crippen molar-refractivity contribution in [3.63, 3.8) is 0 Å². The van der Waals surface area contributed by atoms with Crippen molar-refractivity contribution in [1.82, 2.24) is 0 Å². The molecule has 1 nitrogen and oxygen atoms in total. The Hall–Kier alpha value is -0.980. The summed E-state index contributed by atoms with van der Waals surface area (Å²) in [5, 5.41) is 9.75. The zero-order chi connectivity index (χ0) is 12.3. The number of hydrogen-bond donors (Lipinski definition) is 1. The van der Waals surface area contributed by atoms with E-state index in [2.05, 4.69) is 34.6 Å². The Morgan fingerprint density at radius 2 is 1.75 bits per heavy atom. The predicted octanol–water partition coefficient (Wildman–Crippen LogP) is 4.59. The Kier molecular flexibility index (Phi) is 4.40. The number of rotatable bonds is 4. The molecule has 0 aromatic heterocycles. The van der Waals surface area contributed by atoms with Crippen LogP contribution in [-0.4, -0.2) is 5.11 Å². The highest BCUT2D eigenvalue weighted by Gasteiger charge is 2.16. The molecule has 0 heterocycles. The van der Waals surface area contributed by atoms with Gasteiger partial charge in [-0.2, -0.15) is 0 Å². The Balaban J connectivity index is 3.38. The molecule has 90 valence electrons. The first kappa shape index (κ1) is 13.1. The second-order valence-electron chi connectivity index (χ2n) is 4.93. The van der Waals surface area contributed by atoms with Crippen molar-refractivity contribution in [2.45, 2.75) is 59.3 Å². The lowest BCUT2D eigenvalue weighted by Gasteiger charge is -2.22. The largest absolute Gasteiger partial charge is 0.508 e. The molecule has 0 amide bonds. The van der Waals surface area contributed by atoms with E-state index >= 15 is 0 Å². The first-order valence-corrected chi connectivity index (χ1v) is 6.36. The molecule has 1 heteroatoms. The molecule has 1 aromatic rings. The molecule has 1 unspecified atom stereocenters. The molecule has 0 aliphatic heterocycles. The van der Waals surface area contributed by atoms with E-state index in [9.17, 15) is 5.11 Å². The minimum atomic E-state index is 0.410. The fourth-order valence-corrected chi connectivity index (χ4v) is 2.30. The van der Waals surface area contributed by atoms with Crippen molar-refractivity contribution in [3.05, 3.63) is 28.8 Å². The Morgan fingerprint density at radius 3 is 2.19 bits per heavy atom. The number of phenolic OH excluding ortho intramolecular Hbond substituents is 1. The fraction of sp³-hybridized carbons (Fsp3) is 0.600. The maximum Gasteiger partial charge on any atom is 0.116 e. The zero-order valence-electron chi connectivity index (χ0n) is 11.2. The molecular weight excluding hydrogens is 196 g/mol. The lowest BCUT2D eigenvalue weighted by molar-refractivity contribution is 0.472. The molecule has 0 spiro atoms. The summed E-state index contributed by atoms with van der Waals surface area (Å²) in [4.78, 5) is 0. The van der Waals surface area contributed by atoms with Gasteiger partial charge in [-0.3, -0.25) is 0 Å². The summed E-state index contributed by atoms with van der Waals surface area (Å²) < 4.78 is 0. The van der Waals surface area contributed by atoms with Crippen LogP contribution in [0.25, 0.3) is 0 Å². The molecule has 1 aromatic carbocycles. The molecule has 1 atom stereocenters. The standard InChI is InChI=1S/C15H24O/c1-6-11(5)15-12(7-2)8-13(16)9-14(15)10(3)4/h8-11,16H,6-7H2,1-5H3. The van der Waals surface area contributed by atoms with Crippen molar-refractivity contribution in [3.8, 4) is 5.75 Å². The molecule has 1 rings (SSSR count). The summed E-state index contributed by atoms with van der Waals surface area (Å²) >= 11 is 0. The minimum Gasteiger partial charge on any atom is -0.508 e. The van der Waals surface area contributed by atoms with Gasteiger partial charge < -0.3 is 5.11 Å². The summed E-state index contributed by atoms with van der Waals surface area (Å²) in [6.45, 7) is 11.0. The summed E-state index contributed by atoms with van der Waals surface area (Å²) in [7, 11) is 0. The topological polar surface area (TPSA) is 20.2 Å². The van der Waals surface area contributed by atoms with E-state index in [1.165, 1.54) is 16.7 Å². The number of aryl methyl sites for hydroxylation is 1. The molecule has 0 aliphatic rings. The second kappa shape index (κ2) is 5.38. The van der Waals surface area contributed by atoms with Gasteiger partial charge in [0.25, 0.3) is 0 Å². The Labute approximate surface area is 99.5 Å². The molecule has 0 bridgehead atoms. The van der Waals surface area contributed by atoms with Crippen LogP contribution in [0.2, 0.25) is 0 Å². The van der Waals surface area contributed by atoms with Gasteiger partial charge >= 0.3 is 0 Å². The van der Waals surface area contributed by atoms with E-state index < -0.39 is 0 Å². The van der Waals surface area contributed by atoms with Gasteiger partial charge in [0.05, 0.1) is 0 Å². The molecular formula is C15H24O. The predicted molar refractivity (Wildman–Crippen MR) is 70.3 cm³/mol. The van der Waals surface area contributed by atoms with Gasteiger partial charge in [-0.05, 0) is 53.5 Å². The summed E-state index contributed by atoms with van der Waals surface area (Å²) in [6, 6.07) is 3.86. The molecule has 0 aliphatic carbocycles. The average molecular weight is 220 g/mol. The number of hydrogen-bond acceptors (Lipinski definition) is 1. The van der Waals surface area contributed by atoms with E-state index in [1.54, 1.807) is 0 Å².